The smallest absolute Gasteiger partial charge is 0.124 e. The molecule has 0 aromatic carbocycles. The number of nitrogens with zero attached hydrogens (tertiary/aromatic N) is 2. The third-order valence-corrected chi connectivity index (χ3v) is 3.01. The van der Waals surface area contributed by atoms with Crippen LogP contribution in [-0.4, -0.2) is 28.4 Å². The first-order valence-electron chi connectivity index (χ1n) is 9.37. The van der Waals surface area contributed by atoms with E-state index in [9.17, 15) is 0 Å². The molecule has 0 bridgehead atoms. The second-order valence-electron chi connectivity index (χ2n) is 9.57. The van der Waals surface area contributed by atoms with Gasteiger partial charge in [0.2, 0.25) is 0 Å². The molecule has 4 nitrogen and oxygen atoms in total. The molecule has 1 heterocycles. The molecule has 1 aromatic rings. The van der Waals surface area contributed by atoms with E-state index in [0.717, 1.165) is 13.2 Å². The molecule has 4 heteroatoms. The Morgan fingerprint density at radius 3 is 1.62 bits per heavy atom. The summed E-state index contributed by atoms with van der Waals surface area (Å²) in [6.45, 7) is 25.8. The lowest BCUT2D eigenvalue weighted by Crippen LogP contribution is -2.20. The van der Waals surface area contributed by atoms with Gasteiger partial charge in [-0.1, -0.05) is 62.3 Å². The van der Waals surface area contributed by atoms with E-state index >= 15 is 0 Å². The molecule has 0 aliphatic heterocycles. The lowest BCUT2D eigenvalue weighted by atomic mass is 9.94. The summed E-state index contributed by atoms with van der Waals surface area (Å²) in [6.07, 6.45) is 6.64. The van der Waals surface area contributed by atoms with E-state index in [0.29, 0.717) is 17.6 Å². The molecule has 0 fully saturated rings. The monoisotopic (exact) mass is 372 g/mol. The van der Waals surface area contributed by atoms with Crippen molar-refractivity contribution < 1.29 is 9.47 Å². The fourth-order valence-electron chi connectivity index (χ4n) is 1.04. The molecule has 1 aromatic heterocycles. The average molecular weight is 373 g/mol. The summed E-state index contributed by atoms with van der Waals surface area (Å²) in [6, 6.07) is 0. The van der Waals surface area contributed by atoms with Gasteiger partial charge in [-0.3, -0.25) is 0 Å². The molecule has 1 rings (SSSR count). The van der Waals surface area contributed by atoms with Crippen LogP contribution in [0.2, 0.25) is 0 Å². The fraction of sp³-hybridized carbons (Fsp3) is 0.864. The minimum absolute atomic E-state index is 0. The van der Waals surface area contributed by atoms with E-state index in [2.05, 4.69) is 53.5 Å². The SMILES string of the molecule is C.CC(C)(C)OCn1ccnc1.CCC(C)(C)C.CCOCC(C)(C)C. The molecule has 26 heavy (non-hydrogen) atoms. The Morgan fingerprint density at radius 2 is 1.38 bits per heavy atom. The van der Waals surface area contributed by atoms with Crippen molar-refractivity contribution in [1.29, 1.82) is 0 Å². The Labute approximate surface area is 164 Å². The van der Waals surface area contributed by atoms with E-state index in [1.807, 2.05) is 38.5 Å². The zero-order valence-electron chi connectivity index (χ0n) is 18.8. The van der Waals surface area contributed by atoms with Crippen LogP contribution in [0, 0.1) is 10.8 Å². The standard InChI is InChI=1S/C8H14N2O.C7H16O.C6H14.CH4/c1-8(2,3)11-7-10-5-4-9-6-10;1-5-8-6-7(2,3)4;1-5-6(2,3)4;/h4-6H,7H2,1-3H3;5-6H2,1-4H3;5H2,1-4H3;1H4. The van der Waals surface area contributed by atoms with E-state index in [1.54, 1.807) is 12.5 Å². The molecule has 0 spiro atoms. The minimum Gasteiger partial charge on any atom is -0.381 e. The largest absolute Gasteiger partial charge is 0.381 e. The van der Waals surface area contributed by atoms with Crippen molar-refractivity contribution in [2.24, 2.45) is 10.8 Å². The van der Waals surface area contributed by atoms with Crippen molar-refractivity contribution in [3.8, 4) is 0 Å². The van der Waals surface area contributed by atoms with E-state index in [1.165, 1.54) is 6.42 Å². The number of imidazole rings is 1. The van der Waals surface area contributed by atoms with Gasteiger partial charge in [0.15, 0.2) is 0 Å². The number of hydrogen-bond acceptors (Lipinski definition) is 3. The highest BCUT2D eigenvalue weighted by Gasteiger charge is 2.09. The molecule has 0 radical (unpaired) electrons. The summed E-state index contributed by atoms with van der Waals surface area (Å²) >= 11 is 0. The summed E-state index contributed by atoms with van der Waals surface area (Å²) in [5.74, 6) is 0. The van der Waals surface area contributed by atoms with E-state index < -0.39 is 0 Å². The van der Waals surface area contributed by atoms with Gasteiger partial charge in [-0.15, -0.1) is 0 Å². The van der Waals surface area contributed by atoms with Crippen molar-refractivity contribution in [3.05, 3.63) is 18.7 Å². The van der Waals surface area contributed by atoms with Crippen molar-refractivity contribution >= 4 is 0 Å². The maximum absolute atomic E-state index is 5.50. The zero-order chi connectivity index (χ0) is 20.1. The molecular weight excluding hydrogens is 324 g/mol. The molecule has 158 valence electrons. The third-order valence-electron chi connectivity index (χ3n) is 3.01. The Morgan fingerprint density at radius 1 is 0.885 bits per heavy atom. The van der Waals surface area contributed by atoms with Crippen LogP contribution >= 0.6 is 0 Å². The number of aromatic nitrogens is 2. The first kappa shape index (κ1) is 29.9. The fourth-order valence-corrected chi connectivity index (χ4v) is 1.04. The average Bonchev–Trinajstić information content (AvgIpc) is 2.95. The van der Waals surface area contributed by atoms with Crippen LogP contribution in [0.4, 0.5) is 0 Å². The van der Waals surface area contributed by atoms with Gasteiger partial charge in [0.1, 0.15) is 6.73 Å². The maximum atomic E-state index is 5.50. The molecule has 0 saturated carbocycles. The molecule has 0 aliphatic carbocycles. The van der Waals surface area contributed by atoms with Gasteiger partial charge >= 0.3 is 0 Å². The van der Waals surface area contributed by atoms with Crippen LogP contribution < -0.4 is 0 Å². The third kappa shape index (κ3) is 28.0. The van der Waals surface area contributed by atoms with Crippen molar-refractivity contribution in [3.63, 3.8) is 0 Å². The Kier molecular flexibility index (Phi) is 16.3. The van der Waals surface area contributed by atoms with Crippen LogP contribution in [0.1, 0.15) is 90.0 Å². The second-order valence-corrected chi connectivity index (χ2v) is 9.57. The summed E-state index contributed by atoms with van der Waals surface area (Å²) in [7, 11) is 0. The molecule has 0 unspecified atom stereocenters. The van der Waals surface area contributed by atoms with Crippen LogP contribution in [0.3, 0.4) is 0 Å². The zero-order valence-corrected chi connectivity index (χ0v) is 18.8. The topological polar surface area (TPSA) is 36.3 Å². The molecule has 0 atom stereocenters. The van der Waals surface area contributed by atoms with E-state index in [-0.39, 0.29) is 13.0 Å². The summed E-state index contributed by atoms with van der Waals surface area (Å²) in [5, 5.41) is 0. The predicted octanol–water partition coefficient (Wildman–Crippen LogP) is 6.80. The normalized spacial score (nSPS) is 11.5. The van der Waals surface area contributed by atoms with Crippen LogP contribution in [0.5, 0.6) is 0 Å². The lowest BCUT2D eigenvalue weighted by Gasteiger charge is -2.19. The van der Waals surface area contributed by atoms with Gasteiger partial charge in [0, 0.05) is 19.0 Å². The van der Waals surface area contributed by atoms with E-state index in [4.69, 9.17) is 9.47 Å². The van der Waals surface area contributed by atoms with Crippen molar-refractivity contribution in [1.82, 2.24) is 9.55 Å². The maximum Gasteiger partial charge on any atom is 0.124 e. The first-order valence-corrected chi connectivity index (χ1v) is 9.37. The molecular formula is C22H48N2O2. The summed E-state index contributed by atoms with van der Waals surface area (Å²) in [5.41, 5.74) is 0.792. The van der Waals surface area contributed by atoms with Crippen LogP contribution in [0.25, 0.3) is 0 Å². The highest BCUT2D eigenvalue weighted by atomic mass is 16.5. The van der Waals surface area contributed by atoms with Crippen LogP contribution in [-0.2, 0) is 16.2 Å². The van der Waals surface area contributed by atoms with Gasteiger partial charge in [0.25, 0.3) is 0 Å². The first-order chi connectivity index (χ1) is 11.2. The van der Waals surface area contributed by atoms with Gasteiger partial charge in [-0.2, -0.15) is 0 Å². The number of hydrogen-bond donors (Lipinski definition) is 0. The minimum atomic E-state index is -0.0791. The highest BCUT2D eigenvalue weighted by Crippen LogP contribution is 2.16. The van der Waals surface area contributed by atoms with Gasteiger partial charge in [-0.05, 0) is 38.5 Å². The summed E-state index contributed by atoms with van der Waals surface area (Å²) < 4.78 is 12.6. The van der Waals surface area contributed by atoms with Gasteiger partial charge < -0.3 is 14.0 Å². The van der Waals surface area contributed by atoms with Crippen molar-refractivity contribution in [2.75, 3.05) is 13.2 Å². The number of rotatable bonds is 4. The Bertz CT molecular complexity index is 393. The highest BCUT2D eigenvalue weighted by molar-refractivity contribution is 4.72. The van der Waals surface area contributed by atoms with Crippen molar-refractivity contribution in [2.45, 2.75) is 102 Å². The molecule has 0 aliphatic rings. The van der Waals surface area contributed by atoms with Crippen LogP contribution in [0.15, 0.2) is 18.7 Å². The second kappa shape index (κ2) is 14.2. The Hall–Kier alpha value is -0.870. The van der Waals surface area contributed by atoms with Gasteiger partial charge in [-0.25, -0.2) is 4.98 Å². The predicted molar refractivity (Wildman–Crippen MR) is 115 cm³/mol. The lowest BCUT2D eigenvalue weighted by molar-refractivity contribution is -0.0433. The quantitative estimate of drug-likeness (QED) is 0.583. The molecule has 0 amide bonds. The number of ether oxygens (including phenoxy) is 2. The van der Waals surface area contributed by atoms with Gasteiger partial charge in [0.05, 0.1) is 18.5 Å². The summed E-state index contributed by atoms with van der Waals surface area (Å²) in [4.78, 5) is 3.91. The Balaban J connectivity index is -0.000000316. The molecule has 0 saturated heterocycles. The molecule has 0 N–H and O–H groups in total.